The molecule has 0 heterocycles. The third-order valence-corrected chi connectivity index (χ3v) is 4.28. The van der Waals surface area contributed by atoms with Crippen LogP contribution in [0.1, 0.15) is 25.3 Å². The molecule has 0 unspecified atom stereocenters. The number of rotatable bonds is 6. The van der Waals surface area contributed by atoms with E-state index < -0.39 is 6.10 Å². The number of ether oxygens (including phenoxy) is 2. The summed E-state index contributed by atoms with van der Waals surface area (Å²) >= 11 is 0. The molecule has 2 rings (SSSR count). The van der Waals surface area contributed by atoms with E-state index in [1.165, 1.54) is 0 Å². The highest BCUT2D eigenvalue weighted by molar-refractivity contribution is 5.79. The van der Waals surface area contributed by atoms with Crippen molar-refractivity contribution in [3.8, 4) is 11.5 Å². The van der Waals surface area contributed by atoms with Gasteiger partial charge in [-0.1, -0.05) is 12.1 Å². The Balaban J connectivity index is 2.10. The van der Waals surface area contributed by atoms with E-state index >= 15 is 0 Å². The van der Waals surface area contributed by atoms with Crippen molar-refractivity contribution in [2.75, 3.05) is 20.8 Å². The molecule has 1 aliphatic rings. The summed E-state index contributed by atoms with van der Waals surface area (Å²) in [6.45, 7) is 2.86. The molecule has 6 heteroatoms. The van der Waals surface area contributed by atoms with Gasteiger partial charge in [-0.15, -0.1) is 0 Å². The Morgan fingerprint density at radius 3 is 2.74 bits per heavy atom. The number of carbonyl (C=O) groups is 1. The fraction of sp³-hybridized carbons (Fsp3) is 0.588. The summed E-state index contributed by atoms with van der Waals surface area (Å²) in [5, 5.41) is 9.74. The van der Waals surface area contributed by atoms with Gasteiger partial charge in [-0.25, -0.2) is 0 Å². The van der Waals surface area contributed by atoms with Crippen molar-refractivity contribution < 1.29 is 19.4 Å². The largest absolute Gasteiger partial charge is 0.493 e. The quantitative estimate of drug-likeness (QED) is 0.821. The summed E-state index contributed by atoms with van der Waals surface area (Å²) in [5.41, 5.74) is 6.70. The number of aliphatic hydroxyl groups excluding tert-OH is 1. The number of aliphatic hydroxyl groups is 1. The number of para-hydroxylation sites is 1. The third-order valence-electron chi connectivity index (χ3n) is 4.28. The molecule has 1 aromatic carbocycles. The minimum atomic E-state index is -0.590. The van der Waals surface area contributed by atoms with Crippen molar-refractivity contribution in [1.29, 1.82) is 0 Å². The van der Waals surface area contributed by atoms with E-state index in [1.807, 2.05) is 25.1 Å². The number of benzene rings is 1. The van der Waals surface area contributed by atoms with Crippen LogP contribution in [0.2, 0.25) is 0 Å². The van der Waals surface area contributed by atoms with E-state index in [2.05, 4.69) is 0 Å². The van der Waals surface area contributed by atoms with Crippen LogP contribution in [0.4, 0.5) is 0 Å². The molecular weight excluding hydrogens is 296 g/mol. The molecule has 3 atom stereocenters. The van der Waals surface area contributed by atoms with Crippen molar-refractivity contribution in [2.24, 2.45) is 11.7 Å². The predicted octanol–water partition coefficient (Wildman–Crippen LogP) is 1.15. The molecule has 0 radical (unpaired) electrons. The molecule has 23 heavy (non-hydrogen) atoms. The Kier molecular flexibility index (Phi) is 5.85. The molecular formula is C17H26N2O4. The van der Waals surface area contributed by atoms with Gasteiger partial charge in [0.15, 0.2) is 11.5 Å². The first kappa shape index (κ1) is 17.6. The summed E-state index contributed by atoms with van der Waals surface area (Å²) in [6, 6.07) is 5.33. The SMILES string of the molecule is CCOc1c(CN(C)C(=O)[C@H]2C[C@H](N)[C@@H](O)C2)cccc1OC. The summed E-state index contributed by atoms with van der Waals surface area (Å²) < 4.78 is 11.0. The Morgan fingerprint density at radius 2 is 2.17 bits per heavy atom. The zero-order valence-corrected chi connectivity index (χ0v) is 14.0. The van der Waals surface area contributed by atoms with Crippen LogP contribution in [-0.2, 0) is 11.3 Å². The van der Waals surface area contributed by atoms with Crippen LogP contribution >= 0.6 is 0 Å². The van der Waals surface area contributed by atoms with Crippen LogP contribution in [0.25, 0.3) is 0 Å². The molecule has 1 fully saturated rings. The van der Waals surface area contributed by atoms with Crippen molar-refractivity contribution in [3.63, 3.8) is 0 Å². The second-order valence-electron chi connectivity index (χ2n) is 5.98. The number of carbonyl (C=O) groups excluding carboxylic acids is 1. The number of hydrogen-bond acceptors (Lipinski definition) is 5. The predicted molar refractivity (Wildman–Crippen MR) is 87.3 cm³/mol. The average Bonchev–Trinajstić information content (AvgIpc) is 2.87. The molecule has 0 spiro atoms. The lowest BCUT2D eigenvalue weighted by Gasteiger charge is -2.23. The summed E-state index contributed by atoms with van der Waals surface area (Å²) in [6.07, 6.45) is 0.370. The van der Waals surface area contributed by atoms with Crippen LogP contribution in [0.15, 0.2) is 18.2 Å². The van der Waals surface area contributed by atoms with Crippen molar-refractivity contribution >= 4 is 5.91 Å². The van der Waals surface area contributed by atoms with Crippen LogP contribution in [-0.4, -0.2) is 48.8 Å². The first-order chi connectivity index (χ1) is 11.0. The van der Waals surface area contributed by atoms with Crippen LogP contribution in [0.5, 0.6) is 11.5 Å². The molecule has 0 aliphatic heterocycles. The Morgan fingerprint density at radius 1 is 1.43 bits per heavy atom. The van der Waals surface area contributed by atoms with Gasteiger partial charge >= 0.3 is 0 Å². The van der Waals surface area contributed by atoms with Crippen LogP contribution < -0.4 is 15.2 Å². The number of nitrogens with zero attached hydrogens (tertiary/aromatic N) is 1. The summed E-state index contributed by atoms with van der Waals surface area (Å²) in [5.74, 6) is 1.11. The number of methoxy groups -OCH3 is 1. The zero-order chi connectivity index (χ0) is 17.0. The van der Waals surface area contributed by atoms with Crippen LogP contribution in [0.3, 0.4) is 0 Å². The maximum absolute atomic E-state index is 12.6. The Labute approximate surface area is 137 Å². The van der Waals surface area contributed by atoms with E-state index in [4.69, 9.17) is 15.2 Å². The second-order valence-corrected chi connectivity index (χ2v) is 5.98. The first-order valence-corrected chi connectivity index (χ1v) is 7.95. The normalized spacial score (nSPS) is 23.6. The van der Waals surface area contributed by atoms with Gasteiger partial charge in [0.1, 0.15) is 0 Å². The summed E-state index contributed by atoms with van der Waals surface area (Å²) in [4.78, 5) is 14.2. The molecule has 3 N–H and O–H groups in total. The minimum absolute atomic E-state index is 0.00210. The molecule has 1 saturated carbocycles. The molecule has 1 aliphatic carbocycles. The third kappa shape index (κ3) is 3.95. The van der Waals surface area contributed by atoms with Gasteiger partial charge in [-0.2, -0.15) is 0 Å². The van der Waals surface area contributed by atoms with Gasteiger partial charge in [-0.3, -0.25) is 4.79 Å². The monoisotopic (exact) mass is 322 g/mol. The lowest BCUT2D eigenvalue weighted by Crippen LogP contribution is -2.32. The van der Waals surface area contributed by atoms with Crippen LogP contribution in [0, 0.1) is 5.92 Å². The minimum Gasteiger partial charge on any atom is -0.493 e. The van der Waals surface area contributed by atoms with Crippen molar-refractivity contribution in [2.45, 2.75) is 38.5 Å². The first-order valence-electron chi connectivity index (χ1n) is 7.95. The lowest BCUT2D eigenvalue weighted by atomic mass is 10.1. The average molecular weight is 322 g/mol. The molecule has 1 aromatic rings. The smallest absolute Gasteiger partial charge is 0.225 e. The van der Waals surface area contributed by atoms with Gasteiger partial charge in [0.25, 0.3) is 0 Å². The molecule has 1 amide bonds. The summed E-state index contributed by atoms with van der Waals surface area (Å²) in [7, 11) is 3.35. The van der Waals surface area contributed by atoms with Crippen molar-refractivity contribution in [3.05, 3.63) is 23.8 Å². The van der Waals surface area contributed by atoms with Gasteiger partial charge in [-0.05, 0) is 25.8 Å². The van der Waals surface area contributed by atoms with E-state index in [9.17, 15) is 9.90 Å². The number of amides is 1. The van der Waals surface area contributed by atoms with E-state index in [0.717, 1.165) is 5.56 Å². The highest BCUT2D eigenvalue weighted by Crippen LogP contribution is 2.33. The Bertz CT molecular complexity index is 539. The van der Waals surface area contributed by atoms with Gasteiger partial charge in [0.2, 0.25) is 5.91 Å². The van der Waals surface area contributed by atoms with Crippen molar-refractivity contribution in [1.82, 2.24) is 4.90 Å². The fourth-order valence-corrected chi connectivity index (χ4v) is 3.05. The van der Waals surface area contributed by atoms with Gasteiger partial charge in [0.05, 0.1) is 19.8 Å². The number of nitrogens with two attached hydrogens (primary N) is 1. The highest BCUT2D eigenvalue weighted by atomic mass is 16.5. The maximum atomic E-state index is 12.6. The fourth-order valence-electron chi connectivity index (χ4n) is 3.05. The maximum Gasteiger partial charge on any atom is 0.225 e. The van der Waals surface area contributed by atoms with E-state index in [-0.39, 0.29) is 17.9 Å². The van der Waals surface area contributed by atoms with E-state index in [1.54, 1.807) is 19.1 Å². The van der Waals surface area contributed by atoms with Gasteiger partial charge in [0, 0.05) is 31.1 Å². The Hall–Kier alpha value is -1.79. The molecule has 128 valence electrons. The molecule has 0 bridgehead atoms. The zero-order valence-electron chi connectivity index (χ0n) is 14.0. The topological polar surface area (TPSA) is 85.0 Å². The molecule has 0 saturated heterocycles. The highest BCUT2D eigenvalue weighted by Gasteiger charge is 2.36. The number of hydrogen-bond donors (Lipinski definition) is 2. The molecule has 6 nitrogen and oxygen atoms in total. The standard InChI is InChI=1S/C17H26N2O4/c1-4-23-16-11(6-5-7-15(16)22-3)10-19(2)17(21)12-8-13(18)14(20)9-12/h5-7,12-14,20H,4,8-10,18H2,1-3H3/t12-,13-,14-/m0/s1. The lowest BCUT2D eigenvalue weighted by molar-refractivity contribution is -0.134. The van der Waals surface area contributed by atoms with E-state index in [0.29, 0.717) is 37.5 Å². The molecule has 0 aromatic heterocycles. The second kappa shape index (κ2) is 7.66. The van der Waals surface area contributed by atoms with Gasteiger partial charge < -0.3 is 25.2 Å².